The monoisotopic (exact) mass is 215 g/mol. The zero-order chi connectivity index (χ0) is 7.61. The standard InChI is InChI=1S/C9H14N.BrH/c1-9(2,3)10-7-5-4-6-8-10;/h4-8H,1-3H3;1H/q+1;/p-1. The minimum atomic E-state index is 0. The van der Waals surface area contributed by atoms with Gasteiger partial charge in [0.05, 0.1) is 0 Å². The molecule has 0 atom stereocenters. The number of aromatic nitrogens is 1. The van der Waals surface area contributed by atoms with Gasteiger partial charge in [-0.15, -0.1) is 0 Å². The van der Waals surface area contributed by atoms with E-state index in [1.54, 1.807) is 0 Å². The molecule has 0 aliphatic heterocycles. The Hall–Kier alpha value is -0.370. The van der Waals surface area contributed by atoms with Gasteiger partial charge < -0.3 is 17.0 Å². The summed E-state index contributed by atoms with van der Waals surface area (Å²) in [6.45, 7) is 6.56. The van der Waals surface area contributed by atoms with Gasteiger partial charge in [0.2, 0.25) is 0 Å². The summed E-state index contributed by atoms with van der Waals surface area (Å²) in [4.78, 5) is 0. The van der Waals surface area contributed by atoms with Crippen molar-refractivity contribution in [3.8, 4) is 0 Å². The molecule has 0 N–H and O–H groups in total. The Morgan fingerprint density at radius 3 is 1.64 bits per heavy atom. The van der Waals surface area contributed by atoms with Gasteiger partial charge in [0.15, 0.2) is 17.9 Å². The molecule has 0 unspecified atom stereocenters. The van der Waals surface area contributed by atoms with Crippen LogP contribution >= 0.6 is 0 Å². The molecule has 0 fully saturated rings. The first-order valence-corrected chi connectivity index (χ1v) is 3.57. The van der Waals surface area contributed by atoms with Gasteiger partial charge in [-0.25, -0.2) is 4.57 Å². The van der Waals surface area contributed by atoms with Crippen molar-refractivity contribution in [2.75, 3.05) is 0 Å². The maximum atomic E-state index is 2.19. The van der Waals surface area contributed by atoms with Crippen LogP contribution < -0.4 is 21.5 Å². The Kier molecular flexibility index (Phi) is 3.73. The van der Waals surface area contributed by atoms with Crippen LogP contribution in [0, 0.1) is 0 Å². The van der Waals surface area contributed by atoms with Crippen LogP contribution in [0.5, 0.6) is 0 Å². The Bertz CT molecular complexity index is 201. The maximum Gasteiger partial charge on any atom is 0.169 e. The molecule has 0 amide bonds. The minimum Gasteiger partial charge on any atom is -1.00 e. The van der Waals surface area contributed by atoms with Crippen LogP contribution in [0.2, 0.25) is 0 Å². The van der Waals surface area contributed by atoms with E-state index in [4.69, 9.17) is 0 Å². The largest absolute Gasteiger partial charge is 1.00 e. The second-order valence-corrected chi connectivity index (χ2v) is 3.45. The molecule has 2 heteroatoms. The summed E-state index contributed by atoms with van der Waals surface area (Å²) in [7, 11) is 0. The molecule has 1 aromatic rings. The molecular weight excluding hydrogens is 202 g/mol. The summed E-state index contributed by atoms with van der Waals surface area (Å²) in [5.74, 6) is 0. The zero-order valence-electron chi connectivity index (χ0n) is 7.21. The van der Waals surface area contributed by atoms with Gasteiger partial charge in [0.1, 0.15) is 0 Å². The number of halogens is 1. The number of hydrogen-bond donors (Lipinski definition) is 0. The molecule has 1 heterocycles. The van der Waals surface area contributed by atoms with Gasteiger partial charge in [-0.3, -0.25) is 0 Å². The Balaban J connectivity index is 0.000001000. The molecular formula is C9H14BrN. The number of pyridine rings is 1. The summed E-state index contributed by atoms with van der Waals surface area (Å²) >= 11 is 0. The lowest BCUT2D eigenvalue weighted by molar-refractivity contribution is -0.754. The van der Waals surface area contributed by atoms with Crippen LogP contribution in [0.1, 0.15) is 20.8 Å². The van der Waals surface area contributed by atoms with Crippen LogP contribution in [0.4, 0.5) is 0 Å². The van der Waals surface area contributed by atoms with Crippen molar-refractivity contribution in [2.24, 2.45) is 0 Å². The smallest absolute Gasteiger partial charge is 0.169 e. The first-order valence-electron chi connectivity index (χ1n) is 3.57. The van der Waals surface area contributed by atoms with Crippen molar-refractivity contribution in [1.29, 1.82) is 0 Å². The molecule has 0 aliphatic rings. The van der Waals surface area contributed by atoms with E-state index in [0.717, 1.165) is 0 Å². The number of nitrogens with zero attached hydrogens (tertiary/aromatic N) is 1. The van der Waals surface area contributed by atoms with E-state index in [1.165, 1.54) is 0 Å². The van der Waals surface area contributed by atoms with Gasteiger partial charge in [-0.1, -0.05) is 6.07 Å². The Morgan fingerprint density at radius 2 is 1.36 bits per heavy atom. The van der Waals surface area contributed by atoms with Crippen LogP contribution in [-0.4, -0.2) is 0 Å². The molecule has 62 valence electrons. The second kappa shape index (κ2) is 3.86. The molecule has 0 spiro atoms. The quantitative estimate of drug-likeness (QED) is 0.476. The van der Waals surface area contributed by atoms with E-state index < -0.39 is 0 Å². The first-order chi connectivity index (χ1) is 4.61. The second-order valence-electron chi connectivity index (χ2n) is 3.45. The summed E-state index contributed by atoms with van der Waals surface area (Å²) < 4.78 is 2.19. The van der Waals surface area contributed by atoms with Gasteiger partial charge in [-0.05, 0) is 0 Å². The first kappa shape index (κ1) is 10.6. The third-order valence-electron chi connectivity index (χ3n) is 1.49. The fourth-order valence-corrected chi connectivity index (χ4v) is 0.846. The van der Waals surface area contributed by atoms with Crippen LogP contribution in [0.3, 0.4) is 0 Å². The summed E-state index contributed by atoms with van der Waals surface area (Å²) in [6, 6.07) is 6.12. The topological polar surface area (TPSA) is 3.88 Å². The van der Waals surface area contributed by atoms with Crippen molar-refractivity contribution < 1.29 is 21.5 Å². The Labute approximate surface area is 78.8 Å². The van der Waals surface area contributed by atoms with Crippen molar-refractivity contribution >= 4 is 0 Å². The SMILES string of the molecule is CC(C)(C)[n+]1ccccc1.[Br-]. The van der Waals surface area contributed by atoms with Gasteiger partial charge in [0.25, 0.3) is 0 Å². The van der Waals surface area contributed by atoms with E-state index in [-0.39, 0.29) is 22.5 Å². The summed E-state index contributed by atoms with van der Waals surface area (Å²) in [5.41, 5.74) is 0.210. The van der Waals surface area contributed by atoms with E-state index in [0.29, 0.717) is 0 Å². The normalized spacial score (nSPS) is 10.5. The van der Waals surface area contributed by atoms with Gasteiger partial charge in [0, 0.05) is 32.9 Å². The van der Waals surface area contributed by atoms with E-state index >= 15 is 0 Å². The molecule has 1 aromatic heterocycles. The average Bonchev–Trinajstić information content (AvgIpc) is 1.88. The van der Waals surface area contributed by atoms with E-state index in [2.05, 4.69) is 37.7 Å². The molecule has 1 rings (SSSR count). The molecule has 0 aromatic carbocycles. The third-order valence-corrected chi connectivity index (χ3v) is 1.49. The van der Waals surface area contributed by atoms with Gasteiger partial charge >= 0.3 is 0 Å². The highest BCUT2D eigenvalue weighted by molar-refractivity contribution is 4.84. The van der Waals surface area contributed by atoms with E-state index in [1.807, 2.05) is 18.2 Å². The molecule has 0 saturated heterocycles. The molecule has 0 aliphatic carbocycles. The van der Waals surface area contributed by atoms with Crippen molar-refractivity contribution in [1.82, 2.24) is 0 Å². The van der Waals surface area contributed by atoms with Crippen LogP contribution in [0.15, 0.2) is 30.6 Å². The molecule has 0 bridgehead atoms. The van der Waals surface area contributed by atoms with Crippen molar-refractivity contribution in [3.63, 3.8) is 0 Å². The fourth-order valence-electron chi connectivity index (χ4n) is 0.846. The van der Waals surface area contributed by atoms with Crippen molar-refractivity contribution in [3.05, 3.63) is 30.6 Å². The summed E-state index contributed by atoms with van der Waals surface area (Å²) in [6.07, 6.45) is 4.17. The van der Waals surface area contributed by atoms with Crippen molar-refractivity contribution in [2.45, 2.75) is 26.3 Å². The fraction of sp³-hybridized carbons (Fsp3) is 0.444. The highest BCUT2D eigenvalue weighted by atomic mass is 79.9. The molecule has 11 heavy (non-hydrogen) atoms. The van der Waals surface area contributed by atoms with E-state index in [9.17, 15) is 0 Å². The Morgan fingerprint density at radius 1 is 0.909 bits per heavy atom. The summed E-state index contributed by atoms with van der Waals surface area (Å²) in [5, 5.41) is 0. The minimum absolute atomic E-state index is 0. The predicted molar refractivity (Wildman–Crippen MR) is 41.6 cm³/mol. The highest BCUT2D eigenvalue weighted by Gasteiger charge is 2.19. The number of rotatable bonds is 0. The predicted octanol–water partition coefficient (Wildman–Crippen LogP) is -1.27. The zero-order valence-corrected chi connectivity index (χ0v) is 8.80. The number of hydrogen-bond acceptors (Lipinski definition) is 0. The lowest BCUT2D eigenvalue weighted by Crippen LogP contribution is -3.00. The average molecular weight is 216 g/mol. The highest BCUT2D eigenvalue weighted by Crippen LogP contribution is 2.01. The lowest BCUT2D eigenvalue weighted by Gasteiger charge is -2.11. The lowest BCUT2D eigenvalue weighted by atomic mass is 10.1. The third kappa shape index (κ3) is 3.02. The molecule has 0 radical (unpaired) electrons. The molecule has 1 nitrogen and oxygen atoms in total. The molecule has 0 saturated carbocycles. The van der Waals surface area contributed by atoms with Gasteiger partial charge in [-0.2, -0.15) is 0 Å². The van der Waals surface area contributed by atoms with Crippen LogP contribution in [-0.2, 0) is 5.54 Å². The maximum absolute atomic E-state index is 2.19. The van der Waals surface area contributed by atoms with Crippen LogP contribution in [0.25, 0.3) is 0 Å².